The van der Waals surface area contributed by atoms with Crippen LogP contribution in [0.4, 0.5) is 5.69 Å². The molecule has 0 radical (unpaired) electrons. The molecule has 0 saturated heterocycles. The van der Waals surface area contributed by atoms with Gasteiger partial charge in [0.2, 0.25) is 0 Å². The van der Waals surface area contributed by atoms with Crippen LogP contribution in [-0.2, 0) is 6.54 Å². The van der Waals surface area contributed by atoms with Crippen molar-refractivity contribution in [1.82, 2.24) is 24.5 Å². The Bertz CT molecular complexity index is 875. The lowest BCUT2D eigenvalue weighted by molar-refractivity contribution is 0.101. The Balaban J connectivity index is 1.80. The van der Waals surface area contributed by atoms with E-state index in [1.807, 2.05) is 49.6 Å². The standard InChI is InChI=1S/C17H20N6O/c1-5-23-16(12(3)20-21-23)17(24)19-14-6-8-15(9-7-14)22-10-18-11(2)13(22)4/h6-10H,5H2,1-4H3,(H,19,24). The lowest BCUT2D eigenvalue weighted by Crippen LogP contribution is -2.18. The van der Waals surface area contributed by atoms with E-state index in [0.717, 1.165) is 22.8 Å². The summed E-state index contributed by atoms with van der Waals surface area (Å²) in [5.74, 6) is -0.207. The fourth-order valence-electron chi connectivity index (χ4n) is 2.56. The van der Waals surface area contributed by atoms with Gasteiger partial charge in [-0.15, -0.1) is 5.10 Å². The number of aromatic nitrogens is 5. The van der Waals surface area contributed by atoms with Crippen LogP contribution in [0.5, 0.6) is 0 Å². The average Bonchev–Trinajstić information content (AvgIpc) is 3.11. The summed E-state index contributed by atoms with van der Waals surface area (Å²) < 4.78 is 3.61. The molecule has 3 aromatic rings. The zero-order valence-corrected chi connectivity index (χ0v) is 14.2. The monoisotopic (exact) mass is 324 g/mol. The van der Waals surface area contributed by atoms with Gasteiger partial charge in [0.1, 0.15) is 5.69 Å². The van der Waals surface area contributed by atoms with Crippen molar-refractivity contribution in [2.45, 2.75) is 34.2 Å². The second kappa shape index (κ2) is 6.27. The fourth-order valence-corrected chi connectivity index (χ4v) is 2.56. The van der Waals surface area contributed by atoms with Gasteiger partial charge < -0.3 is 9.88 Å². The molecule has 0 spiro atoms. The third-order valence-corrected chi connectivity index (χ3v) is 4.07. The predicted molar refractivity (Wildman–Crippen MR) is 91.4 cm³/mol. The van der Waals surface area contributed by atoms with E-state index >= 15 is 0 Å². The van der Waals surface area contributed by atoms with E-state index in [1.165, 1.54) is 0 Å². The number of amides is 1. The molecular formula is C17H20N6O. The highest BCUT2D eigenvalue weighted by Gasteiger charge is 2.17. The number of rotatable bonds is 4. The minimum Gasteiger partial charge on any atom is -0.321 e. The van der Waals surface area contributed by atoms with Crippen LogP contribution < -0.4 is 5.32 Å². The van der Waals surface area contributed by atoms with Crippen LogP contribution in [0.15, 0.2) is 30.6 Å². The molecule has 3 rings (SSSR count). The summed E-state index contributed by atoms with van der Waals surface area (Å²) >= 11 is 0. The number of carbonyl (C=O) groups is 1. The summed E-state index contributed by atoms with van der Waals surface area (Å²) in [4.78, 5) is 16.8. The molecule has 0 aliphatic heterocycles. The molecule has 0 saturated carbocycles. The molecule has 1 aromatic carbocycles. The number of aryl methyl sites for hydroxylation is 3. The summed E-state index contributed by atoms with van der Waals surface area (Å²) in [6, 6.07) is 7.65. The van der Waals surface area contributed by atoms with E-state index in [0.29, 0.717) is 17.9 Å². The van der Waals surface area contributed by atoms with Crippen LogP contribution >= 0.6 is 0 Å². The maximum atomic E-state index is 12.5. The van der Waals surface area contributed by atoms with Gasteiger partial charge in [-0.1, -0.05) is 5.21 Å². The van der Waals surface area contributed by atoms with Gasteiger partial charge >= 0.3 is 0 Å². The van der Waals surface area contributed by atoms with E-state index in [1.54, 1.807) is 17.9 Å². The van der Waals surface area contributed by atoms with E-state index in [4.69, 9.17) is 0 Å². The molecule has 124 valence electrons. The summed E-state index contributed by atoms with van der Waals surface area (Å²) in [7, 11) is 0. The Labute approximate surface area is 140 Å². The summed E-state index contributed by atoms with van der Waals surface area (Å²) in [5, 5.41) is 10.8. The SMILES string of the molecule is CCn1nnc(C)c1C(=O)Nc1ccc(-n2cnc(C)c2C)cc1. The number of hydrogen-bond donors (Lipinski definition) is 1. The van der Waals surface area contributed by atoms with Gasteiger partial charge in [-0.05, 0) is 52.0 Å². The smallest absolute Gasteiger partial charge is 0.275 e. The van der Waals surface area contributed by atoms with Crippen LogP contribution in [0, 0.1) is 20.8 Å². The molecular weight excluding hydrogens is 304 g/mol. The number of carbonyl (C=O) groups excluding carboxylic acids is 1. The first kappa shape index (κ1) is 15.9. The zero-order chi connectivity index (χ0) is 17.3. The minimum absolute atomic E-state index is 0.207. The first-order valence-corrected chi connectivity index (χ1v) is 7.83. The third-order valence-electron chi connectivity index (χ3n) is 4.07. The Kier molecular flexibility index (Phi) is 4.16. The van der Waals surface area contributed by atoms with Gasteiger partial charge in [0.15, 0.2) is 0 Å². The molecule has 24 heavy (non-hydrogen) atoms. The zero-order valence-electron chi connectivity index (χ0n) is 14.2. The first-order valence-electron chi connectivity index (χ1n) is 7.83. The molecule has 2 heterocycles. The van der Waals surface area contributed by atoms with Gasteiger partial charge in [0.05, 0.1) is 17.7 Å². The maximum Gasteiger partial charge on any atom is 0.275 e. The van der Waals surface area contributed by atoms with Crippen LogP contribution in [0.25, 0.3) is 5.69 Å². The number of anilines is 1. The average molecular weight is 324 g/mol. The second-order valence-corrected chi connectivity index (χ2v) is 5.63. The van der Waals surface area contributed by atoms with Gasteiger partial charge in [-0.2, -0.15) is 0 Å². The number of nitrogens with one attached hydrogen (secondary N) is 1. The van der Waals surface area contributed by atoms with E-state index in [2.05, 4.69) is 20.6 Å². The van der Waals surface area contributed by atoms with Crippen molar-refractivity contribution in [3.63, 3.8) is 0 Å². The molecule has 0 unspecified atom stereocenters. The van der Waals surface area contributed by atoms with E-state index in [9.17, 15) is 4.79 Å². The quantitative estimate of drug-likeness (QED) is 0.800. The second-order valence-electron chi connectivity index (χ2n) is 5.63. The molecule has 2 aromatic heterocycles. The normalized spacial score (nSPS) is 10.8. The van der Waals surface area contributed by atoms with Gasteiger partial charge in [-0.3, -0.25) is 4.79 Å². The van der Waals surface area contributed by atoms with E-state index < -0.39 is 0 Å². The lowest BCUT2D eigenvalue weighted by atomic mass is 10.2. The Morgan fingerprint density at radius 2 is 1.83 bits per heavy atom. The Morgan fingerprint density at radius 3 is 2.42 bits per heavy atom. The van der Waals surface area contributed by atoms with Crippen molar-refractivity contribution in [2.75, 3.05) is 5.32 Å². The molecule has 7 heteroatoms. The molecule has 7 nitrogen and oxygen atoms in total. The van der Waals surface area contributed by atoms with Crippen molar-refractivity contribution in [2.24, 2.45) is 0 Å². The number of nitrogens with zero attached hydrogens (tertiary/aromatic N) is 5. The van der Waals surface area contributed by atoms with Crippen molar-refractivity contribution in [3.05, 3.63) is 53.4 Å². The number of benzene rings is 1. The summed E-state index contributed by atoms with van der Waals surface area (Å²) in [6.07, 6.45) is 1.80. The van der Waals surface area contributed by atoms with Crippen LogP contribution in [-0.4, -0.2) is 30.5 Å². The van der Waals surface area contributed by atoms with Crippen molar-refractivity contribution in [3.8, 4) is 5.69 Å². The molecule has 1 N–H and O–H groups in total. The minimum atomic E-state index is -0.207. The van der Waals surface area contributed by atoms with Crippen molar-refractivity contribution < 1.29 is 4.79 Å². The summed E-state index contributed by atoms with van der Waals surface area (Å²) in [6.45, 7) is 8.31. The third kappa shape index (κ3) is 2.80. The van der Waals surface area contributed by atoms with Gasteiger partial charge in [0, 0.05) is 23.6 Å². The molecule has 0 atom stereocenters. The van der Waals surface area contributed by atoms with Crippen LogP contribution in [0.2, 0.25) is 0 Å². The maximum absolute atomic E-state index is 12.5. The fraction of sp³-hybridized carbons (Fsp3) is 0.294. The summed E-state index contributed by atoms with van der Waals surface area (Å²) in [5.41, 5.74) is 4.94. The van der Waals surface area contributed by atoms with Gasteiger partial charge in [0.25, 0.3) is 5.91 Å². The van der Waals surface area contributed by atoms with E-state index in [-0.39, 0.29) is 5.91 Å². The molecule has 0 fully saturated rings. The molecule has 1 amide bonds. The molecule has 0 aliphatic rings. The Hall–Kier alpha value is -2.96. The number of imidazole rings is 1. The molecule has 0 bridgehead atoms. The highest BCUT2D eigenvalue weighted by Crippen LogP contribution is 2.17. The van der Waals surface area contributed by atoms with Crippen molar-refractivity contribution >= 4 is 11.6 Å². The Morgan fingerprint density at radius 1 is 1.12 bits per heavy atom. The molecule has 0 aliphatic carbocycles. The largest absolute Gasteiger partial charge is 0.321 e. The van der Waals surface area contributed by atoms with Crippen LogP contribution in [0.1, 0.15) is 34.5 Å². The lowest BCUT2D eigenvalue weighted by Gasteiger charge is -2.09. The highest BCUT2D eigenvalue weighted by molar-refractivity contribution is 6.03. The topological polar surface area (TPSA) is 77.6 Å². The van der Waals surface area contributed by atoms with Gasteiger partial charge in [-0.25, -0.2) is 9.67 Å². The highest BCUT2D eigenvalue weighted by atomic mass is 16.2. The number of hydrogen-bond acceptors (Lipinski definition) is 4. The van der Waals surface area contributed by atoms with Crippen molar-refractivity contribution in [1.29, 1.82) is 0 Å². The van der Waals surface area contributed by atoms with Crippen LogP contribution in [0.3, 0.4) is 0 Å². The first-order chi connectivity index (χ1) is 11.5. The predicted octanol–water partition coefficient (Wildman–Crippen LogP) is 2.66.